The number of likely N-dealkylation sites (tertiary alicyclic amines) is 2. The van der Waals surface area contributed by atoms with Crippen LogP contribution in [0.15, 0.2) is 60.1 Å². The number of unbranched alkanes of at least 4 members (excludes halogenated alkanes) is 6. The van der Waals surface area contributed by atoms with Gasteiger partial charge in [0.25, 0.3) is 0 Å². The summed E-state index contributed by atoms with van der Waals surface area (Å²) in [4.78, 5) is 72.5. The monoisotopic (exact) mass is 1080 g/mol. The second-order valence-corrected chi connectivity index (χ2v) is 22.8. The predicted molar refractivity (Wildman–Crippen MR) is 295 cm³/mol. The number of ether oxygens (including phenoxy) is 1. The van der Waals surface area contributed by atoms with Crippen LogP contribution >= 0.6 is 11.3 Å². The molecule has 0 bridgehead atoms. The quantitative estimate of drug-likeness (QED) is 0.0345. The van der Waals surface area contributed by atoms with Gasteiger partial charge in [0.05, 0.1) is 52.5 Å². The van der Waals surface area contributed by atoms with E-state index in [1.54, 1.807) is 32.3 Å². The van der Waals surface area contributed by atoms with Gasteiger partial charge in [0.15, 0.2) is 0 Å². The molecule has 0 spiro atoms. The maximum atomic E-state index is 14.1. The van der Waals surface area contributed by atoms with Gasteiger partial charge in [-0.1, -0.05) is 77.1 Å². The number of halogens is 3. The molecule has 7 rings (SSSR count). The van der Waals surface area contributed by atoms with E-state index in [-0.39, 0.29) is 60.7 Å². The number of methoxy groups -OCH3 is 1. The summed E-state index contributed by atoms with van der Waals surface area (Å²) in [5.41, 5.74) is 11.1. The number of alkyl halides is 3. The van der Waals surface area contributed by atoms with Crippen LogP contribution in [0, 0.1) is 19.3 Å². The summed E-state index contributed by atoms with van der Waals surface area (Å²) in [5, 5.41) is 20.7. The molecular formula is C58H76F3N9O6S. The van der Waals surface area contributed by atoms with E-state index in [2.05, 4.69) is 30.9 Å². The third-order valence-electron chi connectivity index (χ3n) is 15.0. The molecule has 2 aliphatic rings. The number of nitrogens with two attached hydrogens (primary N) is 1. The number of carbonyl (C=O) groups excluding carboxylic acids is 4. The number of hydrogen-bond donors (Lipinski definition) is 5. The van der Waals surface area contributed by atoms with Gasteiger partial charge < -0.3 is 41.3 Å². The molecule has 0 radical (unpaired) electrons. The second-order valence-electron chi connectivity index (χ2n) is 22.0. The fourth-order valence-electron chi connectivity index (χ4n) is 10.6. The zero-order valence-corrected chi connectivity index (χ0v) is 46.5. The molecule has 5 aromatic rings. The van der Waals surface area contributed by atoms with E-state index in [1.165, 1.54) is 11.0 Å². The molecule has 15 nitrogen and oxygen atoms in total. The van der Waals surface area contributed by atoms with Crippen LogP contribution in [0.2, 0.25) is 0 Å². The number of carbonyl (C=O) groups is 4. The molecule has 19 heteroatoms. The Hall–Kier alpha value is -6.34. The maximum Gasteiger partial charge on any atom is 0.416 e. The van der Waals surface area contributed by atoms with Crippen molar-refractivity contribution in [3.05, 3.63) is 93.9 Å². The van der Waals surface area contributed by atoms with Crippen molar-refractivity contribution in [3.63, 3.8) is 0 Å². The number of piperidine rings is 1. The molecule has 2 aromatic heterocycles. The highest BCUT2D eigenvalue weighted by Crippen LogP contribution is 2.40. The van der Waals surface area contributed by atoms with Crippen molar-refractivity contribution in [2.24, 2.45) is 5.41 Å². The van der Waals surface area contributed by atoms with Crippen molar-refractivity contribution in [2.75, 3.05) is 37.8 Å². The molecule has 2 aliphatic heterocycles. The average molecular weight is 1080 g/mol. The lowest BCUT2D eigenvalue weighted by Gasteiger charge is -2.35. The summed E-state index contributed by atoms with van der Waals surface area (Å²) in [5.74, 6) is 0.926. The fourth-order valence-corrected chi connectivity index (χ4v) is 11.4. The third kappa shape index (κ3) is 15.0. The first-order valence-electron chi connectivity index (χ1n) is 27.0. The van der Waals surface area contributed by atoms with Crippen molar-refractivity contribution >= 4 is 57.4 Å². The normalized spacial score (nSPS) is 17.5. The lowest BCUT2D eigenvalue weighted by Crippen LogP contribution is -2.57. The minimum atomic E-state index is -4.54. The highest BCUT2D eigenvalue weighted by atomic mass is 32.1. The molecular weight excluding hydrogens is 1010 g/mol. The Morgan fingerprint density at radius 1 is 0.857 bits per heavy atom. The molecule has 2 fully saturated rings. The molecule has 0 aliphatic carbocycles. The number of nitrogens with zero attached hydrogens (tertiary/aromatic N) is 5. The van der Waals surface area contributed by atoms with E-state index in [4.69, 9.17) is 10.5 Å². The van der Waals surface area contributed by atoms with Gasteiger partial charge in [-0.2, -0.15) is 13.2 Å². The van der Waals surface area contributed by atoms with Crippen LogP contribution in [0.25, 0.3) is 21.3 Å². The summed E-state index contributed by atoms with van der Waals surface area (Å²) in [6.07, 6.45) is 3.05. The van der Waals surface area contributed by atoms with Gasteiger partial charge in [0.1, 0.15) is 29.5 Å². The van der Waals surface area contributed by atoms with Crippen LogP contribution < -0.4 is 26.4 Å². The number of aromatic nitrogens is 3. The number of rotatable bonds is 21. The Labute approximate surface area is 454 Å². The van der Waals surface area contributed by atoms with Gasteiger partial charge in [-0.3, -0.25) is 19.2 Å². The molecule has 416 valence electrons. The summed E-state index contributed by atoms with van der Waals surface area (Å²) < 4.78 is 46.7. The summed E-state index contributed by atoms with van der Waals surface area (Å²) in [6.45, 7) is 14.2. The maximum absolute atomic E-state index is 14.1. The third-order valence-corrected chi connectivity index (χ3v) is 15.9. The number of β-amino-alcohol motifs (C(OH)–C–C–N with tert-alkyl or cyclic N) is 1. The van der Waals surface area contributed by atoms with Crippen molar-refractivity contribution in [3.8, 4) is 16.2 Å². The van der Waals surface area contributed by atoms with Gasteiger partial charge in [-0.05, 0) is 111 Å². The van der Waals surface area contributed by atoms with E-state index in [0.717, 1.165) is 90.8 Å². The number of amides is 4. The van der Waals surface area contributed by atoms with Gasteiger partial charge in [0, 0.05) is 56.0 Å². The number of benzene rings is 3. The van der Waals surface area contributed by atoms with E-state index in [9.17, 15) is 37.5 Å². The second kappa shape index (κ2) is 25.4. The number of aliphatic hydroxyl groups is 1. The van der Waals surface area contributed by atoms with E-state index >= 15 is 0 Å². The number of fused-ring (bicyclic) bond motifs is 1. The van der Waals surface area contributed by atoms with Crippen molar-refractivity contribution in [1.82, 2.24) is 35.4 Å². The molecule has 77 heavy (non-hydrogen) atoms. The van der Waals surface area contributed by atoms with E-state index < -0.39 is 41.4 Å². The molecule has 0 unspecified atom stereocenters. The topological polar surface area (TPSA) is 205 Å². The number of hydrogen-bond acceptors (Lipinski definition) is 12. The zero-order valence-electron chi connectivity index (χ0n) is 45.7. The summed E-state index contributed by atoms with van der Waals surface area (Å²) in [6, 6.07) is 12.7. The number of aliphatic hydroxyl groups excluding tert-OH is 1. The number of anilines is 2. The largest absolute Gasteiger partial charge is 0.496 e. The lowest BCUT2D eigenvalue weighted by molar-refractivity contribution is -0.144. The van der Waals surface area contributed by atoms with Crippen LogP contribution in [0.1, 0.15) is 163 Å². The number of aryl methyl sites for hydroxylation is 2. The Morgan fingerprint density at radius 2 is 1.52 bits per heavy atom. The molecule has 4 amide bonds. The summed E-state index contributed by atoms with van der Waals surface area (Å²) >= 11 is 1.57. The number of nitrogens with one attached hydrogen (secondary N) is 3. The molecule has 0 saturated carbocycles. The van der Waals surface area contributed by atoms with Gasteiger partial charge in [0.2, 0.25) is 23.6 Å². The first kappa shape index (κ1) is 58.3. The SMILES string of the molecule is COc1cc2nc(C)nc(N[C@H](C)c3cc(N)cc(C(F)(F)F)c3)c2cc1C1CCN(C(=O)CCCCCCCCCC(=O)N[C@H](C(=O)N2C[C@H](O)C[C@H]2C(=O)N[C@@H](C)c2ccc(-c3scnc3C)cc2)C(C)(C)C)CC1. The Morgan fingerprint density at radius 3 is 2.14 bits per heavy atom. The smallest absolute Gasteiger partial charge is 0.416 e. The van der Waals surface area contributed by atoms with Crippen LogP contribution in [0.5, 0.6) is 5.75 Å². The van der Waals surface area contributed by atoms with Crippen LogP contribution in [0.4, 0.5) is 24.7 Å². The number of nitrogen functional groups attached to an aromatic ring is 1. The van der Waals surface area contributed by atoms with Crippen LogP contribution in [-0.4, -0.2) is 98.4 Å². The molecule has 3 aromatic carbocycles. The minimum absolute atomic E-state index is 0.00386. The minimum Gasteiger partial charge on any atom is -0.496 e. The van der Waals surface area contributed by atoms with Gasteiger partial charge in [-0.15, -0.1) is 11.3 Å². The Balaban J connectivity index is 0.811. The van der Waals surface area contributed by atoms with Gasteiger partial charge in [-0.25, -0.2) is 15.0 Å². The molecule has 6 N–H and O–H groups in total. The zero-order chi connectivity index (χ0) is 55.8. The van der Waals surface area contributed by atoms with Gasteiger partial charge >= 0.3 is 6.18 Å². The van der Waals surface area contributed by atoms with Crippen molar-refractivity contribution in [2.45, 2.75) is 168 Å². The van der Waals surface area contributed by atoms with Crippen molar-refractivity contribution < 1.29 is 42.2 Å². The molecule has 2 saturated heterocycles. The van der Waals surface area contributed by atoms with Crippen LogP contribution in [0.3, 0.4) is 0 Å². The molecule has 5 atom stereocenters. The predicted octanol–water partition coefficient (Wildman–Crippen LogP) is 10.7. The fraction of sp³-hybridized carbons (Fsp3) is 0.534. The average Bonchev–Trinajstić information content (AvgIpc) is 4.01. The first-order valence-corrected chi connectivity index (χ1v) is 27.9. The lowest BCUT2D eigenvalue weighted by atomic mass is 9.85. The number of thiazole rings is 1. The summed E-state index contributed by atoms with van der Waals surface area (Å²) in [7, 11) is 1.61. The highest BCUT2D eigenvalue weighted by Gasteiger charge is 2.45. The van der Waals surface area contributed by atoms with Crippen LogP contribution in [-0.2, 0) is 25.4 Å². The standard InChI is InChI=1S/C58H76F3N9O6S/c1-34(38-18-20-40(21-19-38)52-36(3)63-33-77-52)65-55(74)48-29-44(71)32-70(48)56(75)53(57(5,6)7)68-50(72)16-14-12-10-9-11-13-15-17-51(73)69-24-22-39(23-25-69)45-30-46-47(31-49(45)76-8)66-37(4)67-54(46)64-35(2)41-26-42(58(59,60)61)28-43(62)27-41/h18-21,26-28,30-31,33-35,39,44,48,53,71H,9-17,22-25,29,32,62H2,1-8H3,(H,65,74)(H,68,72)(H,64,66,67)/t34-,35+,44+,48-,53+/m0/s1. The van der Waals surface area contributed by atoms with E-state index in [1.807, 2.05) is 81.4 Å². The molecule has 4 heterocycles. The Kier molecular flexibility index (Phi) is 19.3. The van der Waals surface area contributed by atoms with E-state index in [0.29, 0.717) is 59.8 Å². The van der Waals surface area contributed by atoms with Crippen molar-refractivity contribution in [1.29, 1.82) is 0 Å². The highest BCUT2D eigenvalue weighted by molar-refractivity contribution is 7.13. The first-order chi connectivity index (χ1) is 36.5. The Bertz CT molecular complexity index is 2860.